The zero-order valence-electron chi connectivity index (χ0n) is 12.2. The van der Waals surface area contributed by atoms with Gasteiger partial charge in [-0.05, 0) is 41.9 Å². The minimum absolute atomic E-state index is 0.147. The maximum absolute atomic E-state index is 11.2. The number of aliphatic hydroxyl groups is 1. The van der Waals surface area contributed by atoms with Crippen molar-refractivity contribution in [3.05, 3.63) is 34.9 Å². The number of rotatable bonds is 2. The van der Waals surface area contributed by atoms with Crippen LogP contribution < -0.4 is 0 Å². The first-order valence-electron chi connectivity index (χ1n) is 7.28. The van der Waals surface area contributed by atoms with Gasteiger partial charge in [0.2, 0.25) is 0 Å². The predicted molar refractivity (Wildman–Crippen MR) is 81.5 cm³/mol. The number of hydrogen-bond acceptors (Lipinski definition) is 1. The Morgan fingerprint density at radius 3 is 2.68 bits per heavy atom. The van der Waals surface area contributed by atoms with Gasteiger partial charge in [-0.15, -0.1) is 0 Å². The molecule has 1 aliphatic rings. The maximum Gasteiger partial charge on any atom is 0.0720 e. The van der Waals surface area contributed by atoms with E-state index < -0.39 is 5.60 Å². The summed E-state index contributed by atoms with van der Waals surface area (Å²) in [5.74, 6) is 0.354. The molecule has 1 saturated carbocycles. The van der Waals surface area contributed by atoms with Gasteiger partial charge in [-0.3, -0.25) is 0 Å². The third kappa shape index (κ3) is 3.52. The Bertz CT molecular complexity index is 435. The smallest absolute Gasteiger partial charge is 0.0720 e. The minimum atomic E-state index is -0.582. The Labute approximate surface area is 122 Å². The summed E-state index contributed by atoms with van der Waals surface area (Å²) < 4.78 is 0. The van der Waals surface area contributed by atoms with Gasteiger partial charge < -0.3 is 5.11 Å². The molecule has 2 rings (SSSR count). The Kier molecular flexibility index (Phi) is 4.27. The molecule has 2 unspecified atom stereocenters. The zero-order valence-corrected chi connectivity index (χ0v) is 13.0. The largest absolute Gasteiger partial charge is 0.389 e. The molecule has 2 heteroatoms. The average molecular weight is 281 g/mol. The quantitative estimate of drug-likeness (QED) is 0.821. The lowest BCUT2D eigenvalue weighted by atomic mass is 9.62. The van der Waals surface area contributed by atoms with E-state index in [0.29, 0.717) is 5.92 Å². The summed E-state index contributed by atoms with van der Waals surface area (Å²) in [7, 11) is 0. The van der Waals surface area contributed by atoms with Crippen LogP contribution in [-0.2, 0) is 6.42 Å². The molecular formula is C17H25ClO. The van der Waals surface area contributed by atoms with Crippen LogP contribution in [0, 0.1) is 11.3 Å². The molecule has 0 spiro atoms. The predicted octanol–water partition coefficient (Wildman–Crippen LogP) is 4.85. The van der Waals surface area contributed by atoms with Gasteiger partial charge in [0.15, 0.2) is 0 Å². The second-order valence-electron chi connectivity index (χ2n) is 7.07. The van der Waals surface area contributed by atoms with Gasteiger partial charge in [-0.25, -0.2) is 0 Å². The molecule has 19 heavy (non-hydrogen) atoms. The van der Waals surface area contributed by atoms with Crippen LogP contribution in [0.3, 0.4) is 0 Å². The first-order valence-corrected chi connectivity index (χ1v) is 7.66. The van der Waals surface area contributed by atoms with Gasteiger partial charge in [0, 0.05) is 11.4 Å². The SMILES string of the molecule is CC(C)(C)C1CCCCC1(O)Cc1cccc(Cl)c1. The highest BCUT2D eigenvalue weighted by molar-refractivity contribution is 6.30. The van der Waals surface area contributed by atoms with E-state index >= 15 is 0 Å². The van der Waals surface area contributed by atoms with E-state index in [1.807, 2.05) is 18.2 Å². The summed E-state index contributed by atoms with van der Waals surface area (Å²) in [4.78, 5) is 0. The summed E-state index contributed by atoms with van der Waals surface area (Å²) in [5.41, 5.74) is 0.709. The summed E-state index contributed by atoms with van der Waals surface area (Å²) >= 11 is 6.05. The van der Waals surface area contributed by atoms with Crippen molar-refractivity contribution in [2.75, 3.05) is 0 Å². The summed E-state index contributed by atoms with van der Waals surface area (Å²) in [5, 5.41) is 11.9. The second-order valence-corrected chi connectivity index (χ2v) is 7.51. The molecule has 0 aromatic heterocycles. The van der Waals surface area contributed by atoms with E-state index in [9.17, 15) is 5.11 Å². The lowest BCUT2D eigenvalue weighted by molar-refractivity contribution is -0.0889. The summed E-state index contributed by atoms with van der Waals surface area (Å²) in [6.07, 6.45) is 5.11. The highest BCUT2D eigenvalue weighted by Gasteiger charge is 2.44. The molecule has 0 radical (unpaired) electrons. The monoisotopic (exact) mass is 280 g/mol. The fraction of sp³-hybridized carbons (Fsp3) is 0.647. The van der Waals surface area contributed by atoms with Crippen LogP contribution in [-0.4, -0.2) is 10.7 Å². The number of benzene rings is 1. The number of hydrogen-bond donors (Lipinski definition) is 1. The molecule has 1 N–H and O–H groups in total. The molecule has 1 aromatic rings. The molecule has 1 nitrogen and oxygen atoms in total. The fourth-order valence-corrected chi connectivity index (χ4v) is 3.89. The van der Waals surface area contributed by atoms with Crippen molar-refractivity contribution in [1.82, 2.24) is 0 Å². The molecule has 1 aliphatic carbocycles. The Morgan fingerprint density at radius 1 is 1.32 bits per heavy atom. The molecule has 0 aliphatic heterocycles. The van der Waals surface area contributed by atoms with E-state index in [-0.39, 0.29) is 5.41 Å². The normalized spacial score (nSPS) is 28.4. The summed E-state index contributed by atoms with van der Waals surface area (Å²) in [6.45, 7) is 6.73. The highest BCUT2D eigenvalue weighted by Crippen LogP contribution is 2.45. The van der Waals surface area contributed by atoms with Crippen LogP contribution in [0.2, 0.25) is 5.02 Å². The van der Waals surface area contributed by atoms with Crippen molar-refractivity contribution in [2.24, 2.45) is 11.3 Å². The minimum Gasteiger partial charge on any atom is -0.389 e. The molecule has 1 fully saturated rings. The highest BCUT2D eigenvalue weighted by atomic mass is 35.5. The molecular weight excluding hydrogens is 256 g/mol. The lowest BCUT2D eigenvalue weighted by Crippen LogP contribution is -2.48. The molecule has 1 aromatic carbocycles. The van der Waals surface area contributed by atoms with Crippen LogP contribution in [0.5, 0.6) is 0 Å². The third-order valence-electron chi connectivity index (χ3n) is 4.45. The third-order valence-corrected chi connectivity index (χ3v) is 4.68. The standard InChI is InChI=1S/C17H25ClO/c1-16(2,3)15-9-4-5-10-17(15,19)12-13-7-6-8-14(18)11-13/h6-8,11,15,19H,4-5,9-10,12H2,1-3H3. The molecule has 0 bridgehead atoms. The maximum atomic E-state index is 11.2. The molecule has 2 atom stereocenters. The number of halogens is 1. The van der Waals surface area contributed by atoms with Crippen molar-refractivity contribution in [2.45, 2.75) is 58.5 Å². The van der Waals surface area contributed by atoms with Crippen LogP contribution in [0.4, 0.5) is 0 Å². The Balaban J connectivity index is 2.23. The van der Waals surface area contributed by atoms with Gasteiger partial charge >= 0.3 is 0 Å². The van der Waals surface area contributed by atoms with Crippen molar-refractivity contribution in [3.63, 3.8) is 0 Å². The topological polar surface area (TPSA) is 20.2 Å². The van der Waals surface area contributed by atoms with Crippen molar-refractivity contribution in [3.8, 4) is 0 Å². The average Bonchev–Trinajstić information content (AvgIpc) is 2.27. The van der Waals surface area contributed by atoms with Gasteiger partial charge in [-0.1, -0.05) is 57.3 Å². The lowest BCUT2D eigenvalue weighted by Gasteiger charge is -2.47. The second kappa shape index (κ2) is 5.46. The van der Waals surface area contributed by atoms with E-state index in [1.165, 1.54) is 6.42 Å². The van der Waals surface area contributed by atoms with Gasteiger partial charge in [0.25, 0.3) is 0 Å². The first-order chi connectivity index (χ1) is 8.81. The molecule has 0 saturated heterocycles. The van der Waals surface area contributed by atoms with Crippen molar-refractivity contribution >= 4 is 11.6 Å². The van der Waals surface area contributed by atoms with E-state index in [0.717, 1.165) is 36.3 Å². The van der Waals surface area contributed by atoms with Gasteiger partial charge in [0.1, 0.15) is 0 Å². The summed E-state index contributed by atoms with van der Waals surface area (Å²) in [6, 6.07) is 7.90. The van der Waals surface area contributed by atoms with Crippen molar-refractivity contribution < 1.29 is 5.11 Å². The van der Waals surface area contributed by atoms with Gasteiger partial charge in [-0.2, -0.15) is 0 Å². The molecule has 0 heterocycles. The van der Waals surface area contributed by atoms with Crippen molar-refractivity contribution in [1.29, 1.82) is 0 Å². The first kappa shape index (κ1) is 14.9. The fourth-order valence-electron chi connectivity index (χ4n) is 3.67. The van der Waals surface area contributed by atoms with Gasteiger partial charge in [0.05, 0.1) is 5.60 Å². The van der Waals surface area contributed by atoms with E-state index in [1.54, 1.807) is 0 Å². The van der Waals surface area contributed by atoms with Crippen LogP contribution in [0.25, 0.3) is 0 Å². The van der Waals surface area contributed by atoms with Crippen LogP contribution in [0.15, 0.2) is 24.3 Å². The zero-order chi connectivity index (χ0) is 14.1. The van der Waals surface area contributed by atoms with E-state index in [2.05, 4.69) is 26.8 Å². The Hall–Kier alpha value is -0.530. The van der Waals surface area contributed by atoms with E-state index in [4.69, 9.17) is 11.6 Å². The van der Waals surface area contributed by atoms with Crippen LogP contribution >= 0.6 is 11.6 Å². The molecule has 0 amide bonds. The molecule has 106 valence electrons. The van der Waals surface area contributed by atoms with Crippen LogP contribution in [0.1, 0.15) is 52.0 Å². The Morgan fingerprint density at radius 2 is 2.05 bits per heavy atom.